The molecule has 120 valence electrons. The van der Waals surface area contributed by atoms with Gasteiger partial charge in [0.2, 0.25) is 5.95 Å². The molecule has 3 aromatic rings. The van der Waals surface area contributed by atoms with E-state index in [1.54, 1.807) is 10.9 Å². The molecule has 8 heteroatoms. The fourth-order valence-corrected chi connectivity index (χ4v) is 3.23. The van der Waals surface area contributed by atoms with Crippen molar-refractivity contribution in [2.24, 2.45) is 0 Å². The highest BCUT2D eigenvalue weighted by molar-refractivity contribution is 9.10. The second-order valence-electron chi connectivity index (χ2n) is 5.23. The number of nitrogens with one attached hydrogen (secondary N) is 2. The van der Waals surface area contributed by atoms with E-state index in [0.717, 1.165) is 21.3 Å². The molecule has 2 N–H and O–H groups in total. The third-order valence-corrected chi connectivity index (χ3v) is 3.92. The average molecular weight is 380 g/mol. The predicted molar refractivity (Wildman–Crippen MR) is 91.1 cm³/mol. The first-order chi connectivity index (χ1) is 11.0. The molecule has 2 heterocycles. The second kappa shape index (κ2) is 6.11. The molecule has 0 radical (unpaired) electrons. The van der Waals surface area contributed by atoms with Crippen molar-refractivity contribution < 1.29 is 4.39 Å². The van der Waals surface area contributed by atoms with Gasteiger partial charge in [-0.1, -0.05) is 15.9 Å². The number of anilines is 1. The van der Waals surface area contributed by atoms with Crippen LogP contribution in [0.25, 0.3) is 16.7 Å². The number of alkyl halides is 1. The van der Waals surface area contributed by atoms with E-state index in [-0.39, 0.29) is 18.1 Å². The summed E-state index contributed by atoms with van der Waals surface area (Å²) in [7, 11) is 0. The smallest absolute Gasteiger partial charge is 0.263 e. The lowest BCUT2D eigenvalue weighted by Gasteiger charge is -2.10. The van der Waals surface area contributed by atoms with Gasteiger partial charge in [0.25, 0.3) is 5.56 Å². The highest BCUT2D eigenvalue weighted by Crippen LogP contribution is 2.24. The Morgan fingerprint density at radius 1 is 1.35 bits per heavy atom. The van der Waals surface area contributed by atoms with Gasteiger partial charge < -0.3 is 5.32 Å². The normalized spacial score (nSPS) is 11.1. The number of rotatable bonds is 4. The van der Waals surface area contributed by atoms with Crippen molar-refractivity contribution in [2.45, 2.75) is 13.8 Å². The summed E-state index contributed by atoms with van der Waals surface area (Å²) in [4.78, 5) is 18.9. The number of aromatic nitrogens is 4. The summed E-state index contributed by atoms with van der Waals surface area (Å²) in [6.07, 6.45) is 1.66. The van der Waals surface area contributed by atoms with Crippen LogP contribution in [-0.4, -0.2) is 33.0 Å². The molecule has 23 heavy (non-hydrogen) atoms. The van der Waals surface area contributed by atoms with Gasteiger partial charge in [-0.3, -0.25) is 9.78 Å². The molecule has 0 amide bonds. The minimum Gasteiger partial charge on any atom is -0.353 e. The van der Waals surface area contributed by atoms with E-state index in [9.17, 15) is 9.18 Å². The molecule has 1 aromatic carbocycles. The Morgan fingerprint density at radius 3 is 2.70 bits per heavy atom. The predicted octanol–water partition coefficient (Wildman–Crippen LogP) is 2.87. The third kappa shape index (κ3) is 2.98. The monoisotopic (exact) mass is 379 g/mol. The summed E-state index contributed by atoms with van der Waals surface area (Å²) in [6.45, 7) is 3.49. The zero-order valence-electron chi connectivity index (χ0n) is 12.7. The first kappa shape index (κ1) is 15.7. The van der Waals surface area contributed by atoms with Gasteiger partial charge in [0.05, 0.1) is 5.69 Å². The molecule has 0 aliphatic carbocycles. The molecule has 0 aliphatic rings. The molecule has 0 bridgehead atoms. The molecule has 2 aromatic heterocycles. The van der Waals surface area contributed by atoms with E-state index in [1.165, 1.54) is 0 Å². The molecular weight excluding hydrogens is 365 g/mol. The molecule has 0 unspecified atom stereocenters. The molecule has 3 rings (SSSR count). The molecular formula is C15H15BrFN5O. The van der Waals surface area contributed by atoms with Crippen molar-refractivity contribution in [3.05, 3.63) is 44.3 Å². The summed E-state index contributed by atoms with van der Waals surface area (Å²) >= 11 is 3.46. The van der Waals surface area contributed by atoms with Crippen molar-refractivity contribution in [3.63, 3.8) is 0 Å². The maximum atomic E-state index is 12.2. The van der Waals surface area contributed by atoms with Crippen LogP contribution < -0.4 is 10.9 Å². The van der Waals surface area contributed by atoms with Crippen LogP contribution in [0.15, 0.2) is 27.6 Å². The van der Waals surface area contributed by atoms with Crippen LogP contribution in [0.3, 0.4) is 0 Å². The Morgan fingerprint density at radius 2 is 2.04 bits per heavy atom. The molecule has 0 spiro atoms. The molecule has 6 nitrogen and oxygen atoms in total. The Hall–Kier alpha value is -2.22. The number of hydrogen-bond donors (Lipinski definition) is 2. The van der Waals surface area contributed by atoms with Gasteiger partial charge >= 0.3 is 0 Å². The SMILES string of the molecule is Cc1cc(Br)cc(C)c1-n1cc2c(=O)[nH]c(NCCF)nc2n1. The van der Waals surface area contributed by atoms with Crippen LogP contribution in [-0.2, 0) is 0 Å². The van der Waals surface area contributed by atoms with E-state index in [1.807, 2.05) is 26.0 Å². The fraction of sp³-hybridized carbons (Fsp3) is 0.267. The number of H-pyrrole nitrogens is 1. The number of halogens is 2. The van der Waals surface area contributed by atoms with Crippen LogP contribution in [0.5, 0.6) is 0 Å². The molecule has 0 saturated heterocycles. The lowest BCUT2D eigenvalue weighted by Crippen LogP contribution is -2.14. The molecule has 0 atom stereocenters. The van der Waals surface area contributed by atoms with E-state index >= 15 is 0 Å². The molecule has 0 saturated carbocycles. The Labute approximate surface area is 139 Å². The summed E-state index contributed by atoms with van der Waals surface area (Å²) in [5.41, 5.74) is 2.96. The minimum absolute atomic E-state index is 0.0834. The van der Waals surface area contributed by atoms with Crippen molar-refractivity contribution in [3.8, 4) is 5.69 Å². The van der Waals surface area contributed by atoms with Crippen LogP contribution >= 0.6 is 15.9 Å². The van der Waals surface area contributed by atoms with Gasteiger partial charge in [-0.05, 0) is 37.1 Å². The number of fused-ring (bicyclic) bond motifs is 1. The number of aromatic amines is 1. The lowest BCUT2D eigenvalue weighted by atomic mass is 10.1. The minimum atomic E-state index is -0.548. The van der Waals surface area contributed by atoms with E-state index in [2.05, 4.69) is 36.3 Å². The zero-order valence-corrected chi connectivity index (χ0v) is 14.2. The maximum absolute atomic E-state index is 12.2. The fourth-order valence-electron chi connectivity index (χ4n) is 2.54. The standard InChI is InChI=1S/C15H15BrFN5O/c1-8-5-10(16)6-9(2)12(8)22-7-11-13(21-22)19-15(18-4-3-17)20-14(11)23/h5-7H,3-4H2,1-2H3,(H2,18,19,20,21,23). The topological polar surface area (TPSA) is 75.6 Å². The van der Waals surface area contributed by atoms with Crippen molar-refractivity contribution >= 4 is 32.9 Å². The largest absolute Gasteiger partial charge is 0.353 e. The van der Waals surface area contributed by atoms with Gasteiger partial charge in [0, 0.05) is 17.2 Å². The first-order valence-electron chi connectivity index (χ1n) is 7.06. The average Bonchev–Trinajstić information content (AvgIpc) is 2.88. The lowest BCUT2D eigenvalue weighted by molar-refractivity contribution is 0.512. The van der Waals surface area contributed by atoms with Crippen molar-refractivity contribution in [2.75, 3.05) is 18.5 Å². The highest BCUT2D eigenvalue weighted by atomic mass is 79.9. The van der Waals surface area contributed by atoms with Gasteiger partial charge in [-0.2, -0.15) is 4.98 Å². The first-order valence-corrected chi connectivity index (χ1v) is 7.85. The molecule has 0 fully saturated rings. The summed E-state index contributed by atoms with van der Waals surface area (Å²) < 4.78 is 14.9. The second-order valence-corrected chi connectivity index (χ2v) is 6.15. The van der Waals surface area contributed by atoms with Crippen molar-refractivity contribution in [1.29, 1.82) is 0 Å². The number of nitrogens with zero attached hydrogens (tertiary/aromatic N) is 3. The van der Waals surface area contributed by atoms with E-state index in [4.69, 9.17) is 0 Å². The van der Waals surface area contributed by atoms with E-state index < -0.39 is 6.67 Å². The Kier molecular flexibility index (Phi) is 4.16. The Balaban J connectivity index is 2.14. The number of hydrogen-bond acceptors (Lipinski definition) is 4. The van der Waals surface area contributed by atoms with Crippen LogP contribution in [0, 0.1) is 13.8 Å². The van der Waals surface area contributed by atoms with Crippen LogP contribution in [0.4, 0.5) is 10.3 Å². The highest BCUT2D eigenvalue weighted by Gasteiger charge is 2.13. The van der Waals surface area contributed by atoms with Gasteiger partial charge in [0.1, 0.15) is 12.1 Å². The Bertz CT molecular complexity index is 910. The summed E-state index contributed by atoms with van der Waals surface area (Å²) in [5.74, 6) is 0.217. The quantitative estimate of drug-likeness (QED) is 0.730. The van der Waals surface area contributed by atoms with E-state index in [0.29, 0.717) is 11.0 Å². The van der Waals surface area contributed by atoms with Crippen LogP contribution in [0.2, 0.25) is 0 Å². The maximum Gasteiger partial charge on any atom is 0.263 e. The van der Waals surface area contributed by atoms with Gasteiger partial charge in [-0.15, -0.1) is 5.10 Å². The van der Waals surface area contributed by atoms with Crippen LogP contribution in [0.1, 0.15) is 11.1 Å². The zero-order chi connectivity index (χ0) is 16.6. The van der Waals surface area contributed by atoms with Crippen molar-refractivity contribution in [1.82, 2.24) is 19.7 Å². The number of aryl methyl sites for hydroxylation is 2. The summed E-state index contributed by atoms with van der Waals surface area (Å²) in [5, 5.41) is 7.50. The molecule has 0 aliphatic heterocycles. The number of benzene rings is 1. The van der Waals surface area contributed by atoms with Gasteiger partial charge in [0.15, 0.2) is 5.65 Å². The van der Waals surface area contributed by atoms with Gasteiger partial charge in [-0.25, -0.2) is 9.07 Å². The third-order valence-electron chi connectivity index (χ3n) is 3.46. The summed E-state index contributed by atoms with van der Waals surface area (Å²) in [6, 6.07) is 3.97.